The molecule has 0 saturated carbocycles. The zero-order valence-corrected chi connectivity index (χ0v) is 11.1. The van der Waals surface area contributed by atoms with E-state index in [2.05, 4.69) is 0 Å². The lowest BCUT2D eigenvalue weighted by Gasteiger charge is -2.23. The third-order valence-corrected chi connectivity index (χ3v) is 2.96. The van der Waals surface area contributed by atoms with Crippen LogP contribution in [0.5, 0.6) is 5.75 Å². The molecule has 2 rings (SSSR count). The molecule has 0 radical (unpaired) electrons. The van der Waals surface area contributed by atoms with Gasteiger partial charge in [0, 0.05) is 6.04 Å². The van der Waals surface area contributed by atoms with Gasteiger partial charge in [0.1, 0.15) is 17.7 Å². The molecule has 0 bridgehead atoms. The molecule has 0 fully saturated rings. The maximum atomic E-state index is 13.0. The third-order valence-electron chi connectivity index (χ3n) is 2.96. The Hall–Kier alpha value is -1.87. The molecule has 2 aromatic rings. The molecule has 0 aliphatic heterocycles. The Kier molecular flexibility index (Phi) is 4.17. The molecule has 0 aliphatic carbocycles. The summed E-state index contributed by atoms with van der Waals surface area (Å²) in [7, 11) is 0. The van der Waals surface area contributed by atoms with Gasteiger partial charge in [0.25, 0.3) is 0 Å². The van der Waals surface area contributed by atoms with Crippen LogP contribution in [0.25, 0.3) is 0 Å². The van der Waals surface area contributed by atoms with Gasteiger partial charge in [-0.3, -0.25) is 0 Å². The minimum atomic E-state index is -0.289. The van der Waals surface area contributed by atoms with Gasteiger partial charge in [0.05, 0.1) is 0 Å². The molecular formula is C16H18FNO. The first kappa shape index (κ1) is 13.6. The molecule has 0 aromatic heterocycles. The fourth-order valence-corrected chi connectivity index (χ4v) is 1.89. The first-order chi connectivity index (χ1) is 9.06. The summed E-state index contributed by atoms with van der Waals surface area (Å²) in [6.45, 7) is 3.90. The van der Waals surface area contributed by atoms with Crippen molar-refractivity contribution < 1.29 is 9.13 Å². The third kappa shape index (κ3) is 3.55. The minimum Gasteiger partial charge on any atom is -0.484 e. The molecule has 0 amide bonds. The largest absolute Gasteiger partial charge is 0.484 e. The molecule has 100 valence electrons. The van der Waals surface area contributed by atoms with Gasteiger partial charge in [-0.2, -0.15) is 0 Å². The zero-order valence-electron chi connectivity index (χ0n) is 11.1. The highest BCUT2D eigenvalue weighted by Gasteiger charge is 2.18. The summed E-state index contributed by atoms with van der Waals surface area (Å²) < 4.78 is 18.9. The highest BCUT2D eigenvalue weighted by atomic mass is 19.1. The lowest BCUT2D eigenvalue weighted by molar-refractivity contribution is 0.180. The van der Waals surface area contributed by atoms with Crippen LogP contribution in [0.2, 0.25) is 0 Å². The molecule has 2 N–H and O–H groups in total. The van der Waals surface area contributed by atoms with E-state index in [1.165, 1.54) is 17.7 Å². The summed E-state index contributed by atoms with van der Waals surface area (Å²) in [6.07, 6.45) is -0.289. The number of aryl methyl sites for hydroxylation is 1. The van der Waals surface area contributed by atoms with E-state index in [4.69, 9.17) is 10.5 Å². The van der Waals surface area contributed by atoms with Crippen molar-refractivity contribution in [3.8, 4) is 5.75 Å². The Morgan fingerprint density at radius 2 is 1.58 bits per heavy atom. The van der Waals surface area contributed by atoms with Crippen molar-refractivity contribution in [2.75, 3.05) is 0 Å². The summed E-state index contributed by atoms with van der Waals surface area (Å²) >= 11 is 0. The summed E-state index contributed by atoms with van der Waals surface area (Å²) in [5.41, 5.74) is 8.01. The summed E-state index contributed by atoms with van der Waals surface area (Å²) in [5.74, 6) is 0.500. The van der Waals surface area contributed by atoms with Gasteiger partial charge in [-0.25, -0.2) is 4.39 Å². The highest BCUT2D eigenvalue weighted by Crippen LogP contribution is 2.24. The normalized spacial score (nSPS) is 13.9. The number of ether oxygens (including phenoxy) is 1. The van der Waals surface area contributed by atoms with Crippen LogP contribution >= 0.6 is 0 Å². The molecule has 2 atom stereocenters. The SMILES string of the molecule is Cc1ccc(OC(c2ccc(F)cc2)C(C)N)cc1. The van der Waals surface area contributed by atoms with Crippen molar-refractivity contribution in [3.05, 3.63) is 65.5 Å². The summed E-state index contributed by atoms with van der Waals surface area (Å²) in [6, 6.07) is 13.9. The fraction of sp³-hybridized carbons (Fsp3) is 0.250. The van der Waals surface area contributed by atoms with E-state index in [0.717, 1.165) is 11.3 Å². The van der Waals surface area contributed by atoms with E-state index in [9.17, 15) is 4.39 Å². The van der Waals surface area contributed by atoms with E-state index >= 15 is 0 Å². The monoisotopic (exact) mass is 259 g/mol. The topological polar surface area (TPSA) is 35.2 Å². The summed E-state index contributed by atoms with van der Waals surface area (Å²) in [4.78, 5) is 0. The van der Waals surface area contributed by atoms with Crippen molar-refractivity contribution in [2.24, 2.45) is 5.73 Å². The lowest BCUT2D eigenvalue weighted by atomic mass is 10.0. The number of benzene rings is 2. The van der Waals surface area contributed by atoms with Crippen LogP contribution in [0, 0.1) is 12.7 Å². The number of halogens is 1. The van der Waals surface area contributed by atoms with Crippen molar-refractivity contribution in [1.82, 2.24) is 0 Å². The van der Waals surface area contributed by atoms with Gasteiger partial charge < -0.3 is 10.5 Å². The van der Waals surface area contributed by atoms with Crippen LogP contribution in [0.15, 0.2) is 48.5 Å². The van der Waals surface area contributed by atoms with Gasteiger partial charge in [0.15, 0.2) is 0 Å². The molecule has 0 spiro atoms. The first-order valence-electron chi connectivity index (χ1n) is 6.30. The standard InChI is InChI=1S/C16H18FNO/c1-11-3-9-15(10-4-11)19-16(12(2)18)13-5-7-14(17)8-6-13/h3-10,12,16H,18H2,1-2H3. The average Bonchev–Trinajstić information content (AvgIpc) is 2.39. The van der Waals surface area contributed by atoms with Gasteiger partial charge in [-0.05, 0) is 43.7 Å². The predicted molar refractivity (Wildman–Crippen MR) is 74.6 cm³/mol. The van der Waals surface area contributed by atoms with Gasteiger partial charge >= 0.3 is 0 Å². The Labute approximate surface area is 113 Å². The van der Waals surface area contributed by atoms with Crippen molar-refractivity contribution in [1.29, 1.82) is 0 Å². The molecule has 3 heteroatoms. The maximum absolute atomic E-state index is 13.0. The van der Waals surface area contributed by atoms with Crippen molar-refractivity contribution >= 4 is 0 Å². The number of nitrogens with two attached hydrogens (primary N) is 1. The van der Waals surface area contributed by atoms with Crippen molar-refractivity contribution in [2.45, 2.75) is 26.0 Å². The molecular weight excluding hydrogens is 241 g/mol. The Bertz CT molecular complexity index is 519. The number of hydrogen-bond acceptors (Lipinski definition) is 2. The Morgan fingerprint density at radius 1 is 1.00 bits per heavy atom. The van der Waals surface area contributed by atoms with E-state index in [-0.39, 0.29) is 18.0 Å². The van der Waals surface area contributed by atoms with Crippen LogP contribution in [-0.2, 0) is 0 Å². The molecule has 2 unspecified atom stereocenters. The zero-order chi connectivity index (χ0) is 13.8. The minimum absolute atomic E-state index is 0.188. The molecule has 0 heterocycles. The molecule has 0 aliphatic rings. The van der Waals surface area contributed by atoms with E-state index in [1.807, 2.05) is 38.1 Å². The first-order valence-corrected chi connectivity index (χ1v) is 6.30. The quantitative estimate of drug-likeness (QED) is 0.910. The van der Waals surface area contributed by atoms with Crippen LogP contribution in [0.3, 0.4) is 0 Å². The molecule has 2 aromatic carbocycles. The number of rotatable bonds is 4. The predicted octanol–water partition coefficient (Wildman–Crippen LogP) is 3.60. The summed E-state index contributed by atoms with van der Waals surface area (Å²) in [5, 5.41) is 0. The van der Waals surface area contributed by atoms with Crippen LogP contribution in [0.1, 0.15) is 24.2 Å². The smallest absolute Gasteiger partial charge is 0.138 e. The van der Waals surface area contributed by atoms with E-state index in [1.54, 1.807) is 12.1 Å². The van der Waals surface area contributed by atoms with Crippen LogP contribution < -0.4 is 10.5 Å². The number of hydrogen-bond donors (Lipinski definition) is 1. The van der Waals surface area contributed by atoms with Crippen LogP contribution in [0.4, 0.5) is 4.39 Å². The second-order valence-electron chi connectivity index (χ2n) is 4.76. The Morgan fingerprint density at radius 3 is 2.11 bits per heavy atom. The fourth-order valence-electron chi connectivity index (χ4n) is 1.89. The maximum Gasteiger partial charge on any atom is 0.138 e. The Balaban J connectivity index is 2.21. The molecule has 19 heavy (non-hydrogen) atoms. The molecule has 0 saturated heterocycles. The lowest BCUT2D eigenvalue weighted by Crippen LogP contribution is -2.29. The van der Waals surface area contributed by atoms with Gasteiger partial charge in [-0.15, -0.1) is 0 Å². The van der Waals surface area contributed by atoms with Crippen molar-refractivity contribution in [3.63, 3.8) is 0 Å². The van der Waals surface area contributed by atoms with Gasteiger partial charge in [0.2, 0.25) is 0 Å². The second kappa shape index (κ2) is 5.85. The van der Waals surface area contributed by atoms with Gasteiger partial charge in [-0.1, -0.05) is 29.8 Å². The van der Waals surface area contributed by atoms with E-state index in [0.29, 0.717) is 0 Å². The highest BCUT2D eigenvalue weighted by molar-refractivity contribution is 5.28. The van der Waals surface area contributed by atoms with E-state index < -0.39 is 0 Å². The second-order valence-corrected chi connectivity index (χ2v) is 4.76. The van der Waals surface area contributed by atoms with Crippen LogP contribution in [-0.4, -0.2) is 6.04 Å². The average molecular weight is 259 g/mol. The molecule has 2 nitrogen and oxygen atoms in total.